The molecule has 2 aromatic carbocycles. The highest BCUT2D eigenvalue weighted by Gasteiger charge is 2.23. The van der Waals surface area contributed by atoms with E-state index in [1.807, 2.05) is 18.2 Å². The summed E-state index contributed by atoms with van der Waals surface area (Å²) in [6.07, 6.45) is 0. The fraction of sp³-hybridized carbons (Fsp3) is 0.111. The first kappa shape index (κ1) is 13.9. The lowest BCUT2D eigenvalue weighted by atomic mass is 9.98. The van der Waals surface area contributed by atoms with Crippen LogP contribution in [0.3, 0.4) is 0 Å². The smallest absolute Gasteiger partial charge is 0.267 e. The molecule has 0 spiro atoms. The summed E-state index contributed by atoms with van der Waals surface area (Å²) in [7, 11) is 0. The van der Waals surface area contributed by atoms with Crippen molar-refractivity contribution in [3.8, 4) is 34.1 Å². The predicted octanol–water partition coefficient (Wildman–Crippen LogP) is 2.46. The Morgan fingerprint density at radius 3 is 2.56 bits per heavy atom. The first-order valence-corrected chi connectivity index (χ1v) is 7.64. The third-order valence-corrected chi connectivity index (χ3v) is 4.24. The molecule has 0 unspecified atom stereocenters. The standard InChI is InChI=1S/C18H12N2O5/c19-18(21)12-6-10(9-1-3-13-15(5-9)24-7-22-13)16-11(20-12)2-4-14-17(16)25-8-23-14/h1-6H,7-8H2,(H2,19,21). The van der Waals surface area contributed by atoms with Crippen molar-refractivity contribution in [2.75, 3.05) is 13.6 Å². The lowest BCUT2D eigenvalue weighted by Gasteiger charge is -2.11. The van der Waals surface area contributed by atoms with Gasteiger partial charge in [0.1, 0.15) is 5.69 Å². The maximum atomic E-state index is 11.7. The lowest BCUT2D eigenvalue weighted by Crippen LogP contribution is -2.13. The Morgan fingerprint density at radius 1 is 0.920 bits per heavy atom. The third-order valence-electron chi connectivity index (χ3n) is 4.24. The van der Waals surface area contributed by atoms with Gasteiger partial charge in [-0.3, -0.25) is 4.79 Å². The van der Waals surface area contributed by atoms with Crippen molar-refractivity contribution in [3.05, 3.63) is 42.1 Å². The molecule has 0 bridgehead atoms. The third kappa shape index (κ3) is 2.06. The van der Waals surface area contributed by atoms with E-state index < -0.39 is 5.91 Å². The quantitative estimate of drug-likeness (QED) is 0.773. The second-order valence-electron chi connectivity index (χ2n) is 5.68. The van der Waals surface area contributed by atoms with E-state index in [-0.39, 0.29) is 19.3 Å². The summed E-state index contributed by atoms with van der Waals surface area (Å²) >= 11 is 0. The topological polar surface area (TPSA) is 92.9 Å². The van der Waals surface area contributed by atoms with Crippen LogP contribution in [0.15, 0.2) is 36.4 Å². The van der Waals surface area contributed by atoms with Gasteiger partial charge in [0.05, 0.1) is 10.9 Å². The van der Waals surface area contributed by atoms with Crippen LogP contribution >= 0.6 is 0 Å². The number of carbonyl (C=O) groups is 1. The molecule has 0 saturated heterocycles. The summed E-state index contributed by atoms with van der Waals surface area (Å²) in [5.74, 6) is 1.98. The van der Waals surface area contributed by atoms with E-state index in [1.165, 1.54) is 0 Å². The van der Waals surface area contributed by atoms with Crippen molar-refractivity contribution < 1.29 is 23.7 Å². The van der Waals surface area contributed by atoms with Crippen molar-refractivity contribution in [3.63, 3.8) is 0 Å². The van der Waals surface area contributed by atoms with Gasteiger partial charge < -0.3 is 24.7 Å². The maximum Gasteiger partial charge on any atom is 0.267 e. The summed E-state index contributed by atoms with van der Waals surface area (Å²) < 4.78 is 21.9. The molecule has 2 aliphatic rings. The van der Waals surface area contributed by atoms with Gasteiger partial charge in [-0.25, -0.2) is 4.98 Å². The van der Waals surface area contributed by atoms with Crippen LogP contribution in [0.25, 0.3) is 22.0 Å². The van der Waals surface area contributed by atoms with Crippen LogP contribution in [0.4, 0.5) is 0 Å². The molecule has 124 valence electrons. The molecular formula is C18H12N2O5. The second-order valence-corrected chi connectivity index (χ2v) is 5.68. The summed E-state index contributed by atoms with van der Waals surface area (Å²) in [6, 6.07) is 10.8. The second kappa shape index (κ2) is 5.01. The number of hydrogen-bond acceptors (Lipinski definition) is 6. The first-order valence-electron chi connectivity index (χ1n) is 7.64. The summed E-state index contributed by atoms with van der Waals surface area (Å²) in [5.41, 5.74) is 7.84. The van der Waals surface area contributed by atoms with Crippen molar-refractivity contribution in [2.45, 2.75) is 0 Å². The van der Waals surface area contributed by atoms with Crippen LogP contribution in [-0.2, 0) is 0 Å². The number of aromatic nitrogens is 1. The Labute approximate surface area is 141 Å². The molecule has 2 N–H and O–H groups in total. The van der Waals surface area contributed by atoms with E-state index in [2.05, 4.69) is 4.98 Å². The van der Waals surface area contributed by atoms with Crippen LogP contribution in [0.5, 0.6) is 23.0 Å². The molecule has 0 aliphatic carbocycles. The van der Waals surface area contributed by atoms with Gasteiger partial charge in [-0.15, -0.1) is 0 Å². The minimum absolute atomic E-state index is 0.145. The Kier molecular flexibility index (Phi) is 2.79. The van der Waals surface area contributed by atoms with E-state index in [9.17, 15) is 4.79 Å². The van der Waals surface area contributed by atoms with Crippen LogP contribution in [0.2, 0.25) is 0 Å². The number of nitrogens with two attached hydrogens (primary N) is 1. The number of rotatable bonds is 2. The molecule has 1 amide bonds. The normalized spacial score (nSPS) is 14.1. The number of carbonyl (C=O) groups excluding carboxylic acids is 1. The molecule has 25 heavy (non-hydrogen) atoms. The summed E-state index contributed by atoms with van der Waals surface area (Å²) in [6.45, 7) is 0.335. The predicted molar refractivity (Wildman–Crippen MR) is 87.9 cm³/mol. The number of benzene rings is 2. The molecule has 7 heteroatoms. The van der Waals surface area contributed by atoms with Crippen LogP contribution in [0.1, 0.15) is 10.5 Å². The Balaban J connectivity index is 1.83. The lowest BCUT2D eigenvalue weighted by molar-refractivity contribution is 0.0996. The van der Waals surface area contributed by atoms with E-state index in [4.69, 9.17) is 24.7 Å². The van der Waals surface area contributed by atoms with Gasteiger partial charge in [0, 0.05) is 0 Å². The SMILES string of the molecule is NC(=O)c1cc(-c2ccc3c(c2)OCO3)c2c3c(ccc2n1)OCO3. The molecule has 0 saturated carbocycles. The number of ether oxygens (including phenoxy) is 4. The molecule has 3 aromatic rings. The average Bonchev–Trinajstić information content (AvgIpc) is 3.28. The number of hydrogen-bond donors (Lipinski definition) is 1. The Bertz CT molecular complexity index is 1050. The van der Waals surface area contributed by atoms with Gasteiger partial charge in [0.15, 0.2) is 23.0 Å². The van der Waals surface area contributed by atoms with Crippen molar-refractivity contribution in [2.24, 2.45) is 5.73 Å². The highest BCUT2D eigenvalue weighted by atomic mass is 16.7. The number of nitrogens with zero attached hydrogens (tertiary/aromatic N) is 1. The highest BCUT2D eigenvalue weighted by molar-refractivity contribution is 6.04. The molecule has 0 atom stereocenters. The van der Waals surface area contributed by atoms with Gasteiger partial charge in [-0.1, -0.05) is 6.07 Å². The zero-order chi connectivity index (χ0) is 17.0. The fourth-order valence-electron chi connectivity index (χ4n) is 3.10. The van der Waals surface area contributed by atoms with Crippen molar-refractivity contribution in [1.82, 2.24) is 4.98 Å². The van der Waals surface area contributed by atoms with Gasteiger partial charge >= 0.3 is 0 Å². The van der Waals surface area contributed by atoms with E-state index in [0.29, 0.717) is 28.5 Å². The van der Waals surface area contributed by atoms with E-state index in [1.54, 1.807) is 18.2 Å². The molecule has 7 nitrogen and oxygen atoms in total. The maximum absolute atomic E-state index is 11.7. The van der Waals surface area contributed by atoms with Gasteiger partial charge in [-0.05, 0) is 41.5 Å². The number of amides is 1. The van der Waals surface area contributed by atoms with Gasteiger partial charge in [0.25, 0.3) is 5.91 Å². The minimum atomic E-state index is -0.596. The zero-order valence-corrected chi connectivity index (χ0v) is 12.9. The highest BCUT2D eigenvalue weighted by Crippen LogP contribution is 2.45. The average molecular weight is 336 g/mol. The first-order chi connectivity index (χ1) is 12.2. The Morgan fingerprint density at radius 2 is 1.68 bits per heavy atom. The molecule has 1 aromatic heterocycles. The number of fused-ring (bicyclic) bond motifs is 4. The zero-order valence-electron chi connectivity index (χ0n) is 12.9. The van der Waals surface area contributed by atoms with Crippen LogP contribution in [-0.4, -0.2) is 24.5 Å². The fourth-order valence-corrected chi connectivity index (χ4v) is 3.10. The van der Waals surface area contributed by atoms with Crippen molar-refractivity contribution >= 4 is 16.8 Å². The van der Waals surface area contributed by atoms with Crippen LogP contribution < -0.4 is 24.7 Å². The van der Waals surface area contributed by atoms with Gasteiger partial charge in [0.2, 0.25) is 13.6 Å². The van der Waals surface area contributed by atoms with E-state index in [0.717, 1.165) is 16.5 Å². The molecule has 3 heterocycles. The molecule has 2 aliphatic heterocycles. The van der Waals surface area contributed by atoms with E-state index >= 15 is 0 Å². The minimum Gasteiger partial charge on any atom is -0.454 e. The Hall–Kier alpha value is -3.48. The van der Waals surface area contributed by atoms with Crippen LogP contribution in [0, 0.1) is 0 Å². The van der Waals surface area contributed by atoms with Gasteiger partial charge in [-0.2, -0.15) is 0 Å². The monoisotopic (exact) mass is 336 g/mol. The largest absolute Gasteiger partial charge is 0.454 e. The molecule has 0 radical (unpaired) electrons. The summed E-state index contributed by atoms with van der Waals surface area (Å²) in [4.78, 5) is 16.1. The molecule has 5 rings (SSSR count). The number of pyridine rings is 1. The molecular weight excluding hydrogens is 324 g/mol. The summed E-state index contributed by atoms with van der Waals surface area (Å²) in [5, 5.41) is 0.763. The van der Waals surface area contributed by atoms with Crippen molar-refractivity contribution in [1.29, 1.82) is 0 Å². The molecule has 0 fully saturated rings. The number of primary amides is 1.